The summed E-state index contributed by atoms with van der Waals surface area (Å²) < 4.78 is 1.99. The van der Waals surface area contributed by atoms with Gasteiger partial charge in [-0.25, -0.2) is 4.98 Å². The number of imidazole rings is 1. The molecule has 1 amide bonds. The summed E-state index contributed by atoms with van der Waals surface area (Å²) in [6.07, 6.45) is 3.53. The topological polar surface area (TPSA) is 51.0 Å². The summed E-state index contributed by atoms with van der Waals surface area (Å²) in [4.78, 5) is 24.2. The number of thioether (sulfide) groups is 1. The van der Waals surface area contributed by atoms with Crippen LogP contribution in [0.15, 0.2) is 72.1 Å². The molecule has 0 N–H and O–H groups in total. The van der Waals surface area contributed by atoms with Gasteiger partial charge in [0, 0.05) is 24.2 Å². The molecule has 4 rings (SSSR count). The van der Waals surface area contributed by atoms with Crippen molar-refractivity contribution in [3.8, 4) is 0 Å². The number of nitrogens with zero attached hydrogens (tertiary/aromatic N) is 4. The molecule has 6 heteroatoms. The van der Waals surface area contributed by atoms with Crippen molar-refractivity contribution in [2.24, 2.45) is 0 Å². The van der Waals surface area contributed by atoms with E-state index in [0.717, 1.165) is 33.2 Å². The van der Waals surface area contributed by atoms with Crippen LogP contribution in [-0.4, -0.2) is 27.0 Å². The molecule has 4 aromatic rings. The highest BCUT2D eigenvalue weighted by molar-refractivity contribution is 7.98. The number of anilines is 1. The second-order valence-corrected chi connectivity index (χ2v) is 8.48. The largest absolute Gasteiger partial charge is 0.311 e. The van der Waals surface area contributed by atoms with Gasteiger partial charge in [-0.15, -0.1) is 0 Å². The maximum atomic E-state index is 13.3. The molecule has 0 spiro atoms. The Bertz CT molecular complexity index is 1220. The Hall–Kier alpha value is -3.12. The van der Waals surface area contributed by atoms with Crippen LogP contribution in [0.1, 0.15) is 23.6 Å². The van der Waals surface area contributed by atoms with Crippen LogP contribution < -0.4 is 4.90 Å². The van der Waals surface area contributed by atoms with Crippen LogP contribution in [0.25, 0.3) is 11.0 Å². The molecule has 0 radical (unpaired) electrons. The first-order valence-corrected chi connectivity index (χ1v) is 11.4. The number of pyridine rings is 1. The Morgan fingerprint density at radius 2 is 1.94 bits per heavy atom. The predicted octanol–water partition coefficient (Wildman–Crippen LogP) is 5.39. The summed E-state index contributed by atoms with van der Waals surface area (Å²) in [7, 11) is 0. The Balaban J connectivity index is 1.63. The molecule has 0 fully saturated rings. The van der Waals surface area contributed by atoms with Gasteiger partial charge in [-0.05, 0) is 55.7 Å². The van der Waals surface area contributed by atoms with Crippen molar-refractivity contribution in [2.45, 2.75) is 38.2 Å². The van der Waals surface area contributed by atoms with Crippen LogP contribution in [0.2, 0.25) is 0 Å². The molecule has 0 saturated carbocycles. The van der Waals surface area contributed by atoms with Crippen LogP contribution in [0.4, 0.5) is 5.69 Å². The molecule has 2 aromatic carbocycles. The first-order valence-electron chi connectivity index (χ1n) is 10.4. The number of carbonyl (C=O) groups is 1. The van der Waals surface area contributed by atoms with Crippen LogP contribution in [0, 0.1) is 13.8 Å². The Kier molecular flexibility index (Phi) is 6.37. The normalized spacial score (nSPS) is 11.1. The van der Waals surface area contributed by atoms with Crippen LogP contribution in [0.3, 0.4) is 0 Å². The highest BCUT2D eigenvalue weighted by Crippen LogP contribution is 2.28. The van der Waals surface area contributed by atoms with E-state index in [1.807, 2.05) is 59.7 Å². The molecule has 2 heterocycles. The van der Waals surface area contributed by atoms with E-state index in [1.165, 1.54) is 11.1 Å². The van der Waals surface area contributed by atoms with E-state index in [-0.39, 0.29) is 12.5 Å². The van der Waals surface area contributed by atoms with Gasteiger partial charge in [-0.2, -0.15) is 0 Å². The van der Waals surface area contributed by atoms with Gasteiger partial charge in [0.1, 0.15) is 6.54 Å². The molecule has 31 heavy (non-hydrogen) atoms. The standard InChI is InChI=1S/C25H26N4OS/c1-4-28(21-11-7-8-18(2)14-21)24(30)16-29-23-15-26-13-12-22(23)27-25(29)31-17-20-10-6-5-9-19(20)3/h5-15H,4,16-17H2,1-3H3. The number of benzene rings is 2. The summed E-state index contributed by atoms with van der Waals surface area (Å²) in [6, 6.07) is 18.3. The second kappa shape index (κ2) is 9.35. The highest BCUT2D eigenvalue weighted by atomic mass is 32.2. The minimum atomic E-state index is 0.0361. The number of rotatable bonds is 7. The quantitative estimate of drug-likeness (QED) is 0.369. The molecule has 158 valence electrons. The third-order valence-corrected chi connectivity index (χ3v) is 6.38. The first-order chi connectivity index (χ1) is 15.1. The molecule has 0 unspecified atom stereocenters. The van der Waals surface area contributed by atoms with E-state index in [1.54, 1.807) is 24.2 Å². The number of carbonyl (C=O) groups excluding carboxylic acids is 1. The lowest BCUT2D eigenvalue weighted by Gasteiger charge is -2.22. The zero-order valence-electron chi connectivity index (χ0n) is 18.1. The maximum absolute atomic E-state index is 13.3. The molecule has 0 aliphatic heterocycles. The van der Waals surface area contributed by atoms with Gasteiger partial charge in [-0.1, -0.05) is 48.2 Å². The van der Waals surface area contributed by atoms with Crippen LogP contribution in [0.5, 0.6) is 0 Å². The minimum absolute atomic E-state index is 0.0361. The van der Waals surface area contributed by atoms with Crippen LogP contribution in [-0.2, 0) is 17.1 Å². The van der Waals surface area contributed by atoms with Crippen molar-refractivity contribution in [2.75, 3.05) is 11.4 Å². The maximum Gasteiger partial charge on any atom is 0.247 e. The molecule has 2 aromatic heterocycles. The molecule has 0 aliphatic carbocycles. The van der Waals surface area contributed by atoms with Gasteiger partial charge in [0.15, 0.2) is 5.16 Å². The lowest BCUT2D eigenvalue weighted by Crippen LogP contribution is -2.33. The molecule has 5 nitrogen and oxygen atoms in total. The van der Waals surface area contributed by atoms with Crippen LogP contribution >= 0.6 is 11.8 Å². The van der Waals surface area contributed by atoms with E-state index in [9.17, 15) is 4.79 Å². The molecule has 0 bridgehead atoms. The molecule has 0 atom stereocenters. The SMILES string of the molecule is CCN(C(=O)Cn1c(SCc2ccccc2C)nc2ccncc21)c1cccc(C)c1. The molecule has 0 aliphatic rings. The van der Waals surface area contributed by atoms with Gasteiger partial charge < -0.3 is 9.47 Å². The fraction of sp³-hybridized carbons (Fsp3) is 0.240. The summed E-state index contributed by atoms with van der Waals surface area (Å²) in [6.45, 7) is 6.99. The van der Waals surface area contributed by atoms with E-state index in [2.05, 4.69) is 30.1 Å². The average Bonchev–Trinajstić information content (AvgIpc) is 3.11. The summed E-state index contributed by atoms with van der Waals surface area (Å²) in [5.41, 5.74) is 6.31. The van der Waals surface area contributed by atoms with Gasteiger partial charge >= 0.3 is 0 Å². The summed E-state index contributed by atoms with van der Waals surface area (Å²) in [5.74, 6) is 0.835. The predicted molar refractivity (Wildman–Crippen MR) is 127 cm³/mol. The highest BCUT2D eigenvalue weighted by Gasteiger charge is 2.19. The zero-order valence-corrected chi connectivity index (χ0v) is 18.9. The third kappa shape index (κ3) is 4.64. The zero-order chi connectivity index (χ0) is 21.8. The van der Waals surface area contributed by atoms with Crippen molar-refractivity contribution in [1.82, 2.24) is 14.5 Å². The van der Waals surface area contributed by atoms with Gasteiger partial charge in [-0.3, -0.25) is 9.78 Å². The Morgan fingerprint density at radius 3 is 2.71 bits per heavy atom. The second-order valence-electron chi connectivity index (χ2n) is 7.54. The van der Waals surface area contributed by atoms with E-state index in [0.29, 0.717) is 6.54 Å². The summed E-state index contributed by atoms with van der Waals surface area (Å²) >= 11 is 1.65. The smallest absolute Gasteiger partial charge is 0.247 e. The Labute approximate surface area is 187 Å². The number of hydrogen-bond acceptors (Lipinski definition) is 4. The number of hydrogen-bond donors (Lipinski definition) is 0. The number of likely N-dealkylation sites (N-methyl/N-ethyl adjacent to an activating group) is 1. The minimum Gasteiger partial charge on any atom is -0.311 e. The van der Waals surface area contributed by atoms with Gasteiger partial charge in [0.05, 0.1) is 17.2 Å². The lowest BCUT2D eigenvalue weighted by atomic mass is 10.1. The van der Waals surface area contributed by atoms with Crippen molar-refractivity contribution >= 4 is 34.4 Å². The van der Waals surface area contributed by atoms with Gasteiger partial charge in [0.25, 0.3) is 0 Å². The molecule has 0 saturated heterocycles. The average molecular weight is 431 g/mol. The van der Waals surface area contributed by atoms with E-state index < -0.39 is 0 Å². The number of amides is 1. The molecular formula is C25H26N4OS. The monoisotopic (exact) mass is 430 g/mol. The lowest BCUT2D eigenvalue weighted by molar-refractivity contribution is -0.119. The van der Waals surface area contributed by atoms with Crippen molar-refractivity contribution in [3.63, 3.8) is 0 Å². The van der Waals surface area contributed by atoms with Crippen molar-refractivity contribution < 1.29 is 4.79 Å². The van der Waals surface area contributed by atoms with Gasteiger partial charge in [0.2, 0.25) is 5.91 Å². The Morgan fingerprint density at radius 1 is 1.10 bits per heavy atom. The first kappa shape index (κ1) is 21.1. The summed E-state index contributed by atoms with van der Waals surface area (Å²) in [5, 5.41) is 0.833. The molecular weight excluding hydrogens is 404 g/mol. The fourth-order valence-corrected chi connectivity index (χ4v) is 4.73. The van der Waals surface area contributed by atoms with E-state index in [4.69, 9.17) is 4.98 Å². The van der Waals surface area contributed by atoms with Crippen molar-refractivity contribution in [3.05, 3.63) is 83.7 Å². The fourth-order valence-electron chi connectivity index (χ4n) is 3.64. The van der Waals surface area contributed by atoms with E-state index >= 15 is 0 Å². The number of aryl methyl sites for hydroxylation is 2. The number of fused-ring (bicyclic) bond motifs is 1. The third-order valence-electron chi connectivity index (χ3n) is 5.36. The van der Waals surface area contributed by atoms with Crippen molar-refractivity contribution in [1.29, 1.82) is 0 Å². The number of aromatic nitrogens is 3.